The summed E-state index contributed by atoms with van der Waals surface area (Å²) in [6.07, 6.45) is 0.587. The molecule has 0 amide bonds. The first-order valence-corrected chi connectivity index (χ1v) is 7.72. The standard InChI is InChI=1S/C18H22FN3O.HI/c1-2-20-18(22-13-14-6-5-8-16(23)12-14)21-11-10-15-7-3-4-9-17(15)19;/h3-9,12,23H,2,10-11,13H2,1H3,(H2,20,21,22);1H. The third-order valence-corrected chi connectivity index (χ3v) is 3.32. The topological polar surface area (TPSA) is 56.7 Å². The van der Waals surface area contributed by atoms with E-state index in [-0.39, 0.29) is 35.5 Å². The quantitative estimate of drug-likeness (QED) is 0.364. The van der Waals surface area contributed by atoms with Crippen LogP contribution in [0.25, 0.3) is 0 Å². The van der Waals surface area contributed by atoms with Crippen molar-refractivity contribution in [2.75, 3.05) is 13.1 Å². The molecule has 6 heteroatoms. The monoisotopic (exact) mass is 443 g/mol. The van der Waals surface area contributed by atoms with Crippen molar-refractivity contribution in [2.24, 2.45) is 4.99 Å². The lowest BCUT2D eigenvalue weighted by Crippen LogP contribution is -2.38. The summed E-state index contributed by atoms with van der Waals surface area (Å²) in [6.45, 7) is 3.78. The molecule has 24 heavy (non-hydrogen) atoms. The lowest BCUT2D eigenvalue weighted by molar-refractivity contribution is 0.474. The van der Waals surface area contributed by atoms with Gasteiger partial charge in [-0.3, -0.25) is 0 Å². The number of phenols is 1. The van der Waals surface area contributed by atoms with Crippen molar-refractivity contribution in [3.05, 3.63) is 65.5 Å². The smallest absolute Gasteiger partial charge is 0.191 e. The molecule has 0 aromatic heterocycles. The van der Waals surface area contributed by atoms with Crippen LogP contribution < -0.4 is 10.6 Å². The Kier molecular flexibility index (Phi) is 9.14. The largest absolute Gasteiger partial charge is 0.508 e. The average Bonchev–Trinajstić information content (AvgIpc) is 2.54. The number of nitrogens with zero attached hydrogens (tertiary/aromatic N) is 1. The van der Waals surface area contributed by atoms with Crippen LogP contribution in [0.4, 0.5) is 4.39 Å². The van der Waals surface area contributed by atoms with Crippen molar-refractivity contribution in [2.45, 2.75) is 19.9 Å². The van der Waals surface area contributed by atoms with Crippen molar-refractivity contribution >= 4 is 29.9 Å². The van der Waals surface area contributed by atoms with Gasteiger partial charge in [0, 0.05) is 13.1 Å². The number of nitrogens with one attached hydrogen (secondary N) is 2. The van der Waals surface area contributed by atoms with Gasteiger partial charge in [0.1, 0.15) is 11.6 Å². The Balaban J connectivity index is 0.00000288. The second-order valence-electron chi connectivity index (χ2n) is 5.13. The summed E-state index contributed by atoms with van der Waals surface area (Å²) in [4.78, 5) is 4.47. The summed E-state index contributed by atoms with van der Waals surface area (Å²) in [5.41, 5.74) is 1.61. The summed E-state index contributed by atoms with van der Waals surface area (Å²) in [5.74, 6) is 0.721. The molecule has 0 unspecified atom stereocenters. The van der Waals surface area contributed by atoms with Crippen LogP contribution in [0.2, 0.25) is 0 Å². The van der Waals surface area contributed by atoms with Gasteiger partial charge in [0.2, 0.25) is 0 Å². The van der Waals surface area contributed by atoms with Gasteiger partial charge in [0.25, 0.3) is 0 Å². The molecule has 2 rings (SSSR count). The highest BCUT2D eigenvalue weighted by Crippen LogP contribution is 2.11. The van der Waals surface area contributed by atoms with E-state index in [4.69, 9.17) is 0 Å². The van der Waals surface area contributed by atoms with E-state index in [0.717, 1.165) is 12.1 Å². The van der Waals surface area contributed by atoms with Gasteiger partial charge in [-0.2, -0.15) is 0 Å². The number of hydrogen-bond donors (Lipinski definition) is 3. The van der Waals surface area contributed by atoms with E-state index in [2.05, 4.69) is 15.6 Å². The van der Waals surface area contributed by atoms with Gasteiger partial charge in [-0.05, 0) is 42.7 Å². The number of phenolic OH excluding ortho intramolecular Hbond substituents is 1. The first kappa shape index (κ1) is 20.2. The molecule has 0 saturated heterocycles. The Hall–Kier alpha value is -1.83. The van der Waals surface area contributed by atoms with Crippen LogP contribution in [0.1, 0.15) is 18.1 Å². The predicted molar refractivity (Wildman–Crippen MR) is 106 cm³/mol. The van der Waals surface area contributed by atoms with Crippen LogP contribution >= 0.6 is 24.0 Å². The molecule has 0 atom stereocenters. The summed E-state index contributed by atoms with van der Waals surface area (Å²) in [5, 5.41) is 15.8. The molecule has 130 valence electrons. The zero-order valence-electron chi connectivity index (χ0n) is 13.6. The molecule has 0 fully saturated rings. The van der Waals surface area contributed by atoms with E-state index in [0.29, 0.717) is 31.0 Å². The van der Waals surface area contributed by atoms with Crippen LogP contribution in [0.3, 0.4) is 0 Å². The third kappa shape index (κ3) is 6.74. The Bertz CT molecular complexity index is 664. The minimum atomic E-state index is -0.184. The van der Waals surface area contributed by atoms with Crippen molar-refractivity contribution in [3.63, 3.8) is 0 Å². The van der Waals surface area contributed by atoms with E-state index in [1.807, 2.05) is 19.1 Å². The molecule has 0 heterocycles. The van der Waals surface area contributed by atoms with Gasteiger partial charge in [-0.25, -0.2) is 9.38 Å². The van der Waals surface area contributed by atoms with Crippen molar-refractivity contribution in [3.8, 4) is 5.75 Å². The van der Waals surface area contributed by atoms with Gasteiger partial charge >= 0.3 is 0 Å². The predicted octanol–water partition coefficient (Wildman–Crippen LogP) is 3.45. The maximum Gasteiger partial charge on any atom is 0.191 e. The highest BCUT2D eigenvalue weighted by molar-refractivity contribution is 14.0. The van der Waals surface area contributed by atoms with Gasteiger partial charge < -0.3 is 15.7 Å². The van der Waals surface area contributed by atoms with Gasteiger partial charge in [-0.1, -0.05) is 30.3 Å². The number of rotatable bonds is 6. The Labute approximate surface area is 159 Å². The molecule has 0 aliphatic heterocycles. The molecule has 0 bridgehead atoms. The molecular formula is C18H23FIN3O. The molecular weight excluding hydrogens is 420 g/mol. The first-order chi connectivity index (χ1) is 11.2. The van der Waals surface area contributed by atoms with E-state index >= 15 is 0 Å². The maximum absolute atomic E-state index is 13.6. The van der Waals surface area contributed by atoms with E-state index in [1.54, 1.807) is 30.3 Å². The number of halogens is 2. The molecule has 0 aliphatic carbocycles. The molecule has 2 aromatic rings. The molecule has 2 aromatic carbocycles. The zero-order chi connectivity index (χ0) is 16.5. The molecule has 4 nitrogen and oxygen atoms in total. The Morgan fingerprint density at radius 3 is 2.62 bits per heavy atom. The van der Waals surface area contributed by atoms with Crippen LogP contribution in [0.15, 0.2) is 53.5 Å². The van der Waals surface area contributed by atoms with Crippen LogP contribution in [-0.4, -0.2) is 24.2 Å². The summed E-state index contributed by atoms with van der Waals surface area (Å²) in [7, 11) is 0. The summed E-state index contributed by atoms with van der Waals surface area (Å²) >= 11 is 0. The second kappa shape index (κ2) is 10.9. The number of hydrogen-bond acceptors (Lipinski definition) is 2. The summed E-state index contributed by atoms with van der Waals surface area (Å²) < 4.78 is 13.6. The lowest BCUT2D eigenvalue weighted by Gasteiger charge is -2.11. The first-order valence-electron chi connectivity index (χ1n) is 7.72. The number of guanidine groups is 1. The lowest BCUT2D eigenvalue weighted by atomic mass is 10.1. The van der Waals surface area contributed by atoms with Gasteiger partial charge in [-0.15, -0.1) is 24.0 Å². The van der Waals surface area contributed by atoms with Crippen molar-refractivity contribution in [1.82, 2.24) is 10.6 Å². The SMILES string of the molecule is CCNC(=NCc1cccc(O)c1)NCCc1ccccc1F.I. The molecule has 0 radical (unpaired) electrons. The van der Waals surface area contributed by atoms with Crippen LogP contribution in [0, 0.1) is 5.82 Å². The molecule has 0 spiro atoms. The minimum absolute atomic E-state index is 0. The fourth-order valence-corrected chi connectivity index (χ4v) is 2.18. The number of aromatic hydroxyl groups is 1. The maximum atomic E-state index is 13.6. The number of aliphatic imine (C=N–C) groups is 1. The van der Waals surface area contributed by atoms with E-state index < -0.39 is 0 Å². The van der Waals surface area contributed by atoms with Gasteiger partial charge in [0.15, 0.2) is 5.96 Å². The van der Waals surface area contributed by atoms with Gasteiger partial charge in [0.05, 0.1) is 6.54 Å². The summed E-state index contributed by atoms with van der Waals surface area (Å²) in [6, 6.07) is 13.8. The fraction of sp³-hybridized carbons (Fsp3) is 0.278. The molecule has 0 aliphatic rings. The molecule has 3 N–H and O–H groups in total. The van der Waals surface area contributed by atoms with Crippen molar-refractivity contribution < 1.29 is 9.50 Å². The van der Waals surface area contributed by atoms with Crippen molar-refractivity contribution in [1.29, 1.82) is 0 Å². The molecule has 0 saturated carbocycles. The minimum Gasteiger partial charge on any atom is -0.508 e. The fourth-order valence-electron chi connectivity index (χ4n) is 2.18. The Morgan fingerprint density at radius 2 is 1.92 bits per heavy atom. The number of benzene rings is 2. The third-order valence-electron chi connectivity index (χ3n) is 3.32. The highest BCUT2D eigenvalue weighted by atomic mass is 127. The average molecular weight is 443 g/mol. The van der Waals surface area contributed by atoms with E-state index in [1.165, 1.54) is 6.07 Å². The van der Waals surface area contributed by atoms with E-state index in [9.17, 15) is 9.50 Å². The van der Waals surface area contributed by atoms with Crippen LogP contribution in [-0.2, 0) is 13.0 Å². The van der Waals surface area contributed by atoms with Crippen LogP contribution in [0.5, 0.6) is 5.75 Å². The zero-order valence-corrected chi connectivity index (χ0v) is 16.0. The Morgan fingerprint density at radius 1 is 1.12 bits per heavy atom. The highest BCUT2D eigenvalue weighted by Gasteiger charge is 2.02. The normalized spacial score (nSPS) is 10.8. The second-order valence-corrected chi connectivity index (χ2v) is 5.13.